The Hall–Kier alpha value is -3.88. The maximum atomic E-state index is 12.2. The van der Waals surface area contributed by atoms with Crippen LogP contribution in [0.1, 0.15) is 30.9 Å². The van der Waals surface area contributed by atoms with Gasteiger partial charge in [-0.1, -0.05) is 62.4 Å². The van der Waals surface area contributed by atoms with Gasteiger partial charge in [-0.3, -0.25) is 14.4 Å². The summed E-state index contributed by atoms with van der Waals surface area (Å²) >= 11 is 0. The van der Waals surface area contributed by atoms with Crippen molar-refractivity contribution in [2.45, 2.75) is 25.8 Å². The van der Waals surface area contributed by atoms with Crippen LogP contribution in [0.25, 0.3) is 11.1 Å². The van der Waals surface area contributed by atoms with Gasteiger partial charge < -0.3 is 25.8 Å². The molecule has 0 aromatic heterocycles. The van der Waals surface area contributed by atoms with E-state index < -0.39 is 36.5 Å². The highest BCUT2D eigenvalue weighted by Gasteiger charge is 2.29. The monoisotopic (exact) mass is 453 g/mol. The highest BCUT2D eigenvalue weighted by Crippen LogP contribution is 2.44. The first-order valence-corrected chi connectivity index (χ1v) is 10.7. The van der Waals surface area contributed by atoms with Crippen LogP contribution in [0, 0.1) is 5.92 Å². The first-order chi connectivity index (χ1) is 15.8. The molecule has 1 aliphatic rings. The molecular formula is C24H27N3O6. The molecule has 3 amide bonds. The Morgan fingerprint density at radius 2 is 1.48 bits per heavy atom. The lowest BCUT2D eigenvalue weighted by molar-refractivity contribution is -0.138. The molecule has 0 radical (unpaired) electrons. The Morgan fingerprint density at radius 3 is 2.03 bits per heavy atom. The van der Waals surface area contributed by atoms with Crippen molar-refractivity contribution in [3.63, 3.8) is 0 Å². The molecule has 0 unspecified atom stereocenters. The van der Waals surface area contributed by atoms with Gasteiger partial charge in [0.1, 0.15) is 25.7 Å². The predicted molar refractivity (Wildman–Crippen MR) is 120 cm³/mol. The number of carbonyl (C=O) groups excluding carboxylic acids is 3. The molecule has 0 bridgehead atoms. The summed E-state index contributed by atoms with van der Waals surface area (Å²) in [5.74, 6) is -2.76. The van der Waals surface area contributed by atoms with Crippen LogP contribution in [0.3, 0.4) is 0 Å². The average Bonchev–Trinajstić information content (AvgIpc) is 3.11. The molecule has 0 heterocycles. The lowest BCUT2D eigenvalue weighted by atomic mass is 9.98. The summed E-state index contributed by atoms with van der Waals surface area (Å²) in [7, 11) is 0. The number of alkyl carbamates (subject to hydrolysis) is 1. The Labute approximate surface area is 191 Å². The van der Waals surface area contributed by atoms with Crippen LogP contribution in [0.2, 0.25) is 0 Å². The third kappa shape index (κ3) is 5.88. The van der Waals surface area contributed by atoms with E-state index in [1.165, 1.54) is 0 Å². The second-order valence-electron chi connectivity index (χ2n) is 8.08. The van der Waals surface area contributed by atoms with E-state index >= 15 is 0 Å². The van der Waals surface area contributed by atoms with Gasteiger partial charge in [0.15, 0.2) is 0 Å². The number of carboxylic acid groups (broad SMARTS) is 1. The summed E-state index contributed by atoms with van der Waals surface area (Å²) < 4.78 is 5.38. The Balaban J connectivity index is 1.51. The molecule has 9 heteroatoms. The van der Waals surface area contributed by atoms with Gasteiger partial charge >= 0.3 is 12.1 Å². The van der Waals surface area contributed by atoms with Gasteiger partial charge in [-0.2, -0.15) is 0 Å². The zero-order chi connectivity index (χ0) is 24.0. The standard InChI is InChI=1S/C24H27N3O6/c1-14(2)22(23(31)25-12-21(29)30)27-20(28)11-26-24(32)33-13-19-17-9-5-3-7-15(17)16-8-4-6-10-18(16)19/h3-10,14,19,22H,11-13H2,1-2H3,(H,25,31)(H,26,32)(H,27,28)(H,29,30)/t22-/m0/s1. The minimum Gasteiger partial charge on any atom is -0.480 e. The zero-order valence-electron chi connectivity index (χ0n) is 18.5. The van der Waals surface area contributed by atoms with Crippen LogP contribution < -0.4 is 16.0 Å². The highest BCUT2D eigenvalue weighted by molar-refractivity contribution is 5.91. The van der Waals surface area contributed by atoms with E-state index in [4.69, 9.17) is 9.84 Å². The molecule has 0 saturated carbocycles. The van der Waals surface area contributed by atoms with Crippen molar-refractivity contribution in [1.82, 2.24) is 16.0 Å². The Bertz CT molecular complexity index is 1010. The molecule has 4 N–H and O–H groups in total. The summed E-state index contributed by atoms with van der Waals surface area (Å²) in [6, 6.07) is 15.0. The van der Waals surface area contributed by atoms with Crippen LogP contribution in [-0.2, 0) is 19.1 Å². The lowest BCUT2D eigenvalue weighted by Gasteiger charge is -2.21. The van der Waals surface area contributed by atoms with E-state index in [0.29, 0.717) is 0 Å². The highest BCUT2D eigenvalue weighted by atomic mass is 16.5. The Morgan fingerprint density at radius 1 is 0.909 bits per heavy atom. The zero-order valence-corrected chi connectivity index (χ0v) is 18.5. The predicted octanol–water partition coefficient (Wildman–Crippen LogP) is 1.87. The van der Waals surface area contributed by atoms with E-state index in [9.17, 15) is 19.2 Å². The molecule has 1 aliphatic carbocycles. The van der Waals surface area contributed by atoms with E-state index in [1.807, 2.05) is 48.5 Å². The minimum absolute atomic E-state index is 0.0970. The minimum atomic E-state index is -1.19. The smallest absolute Gasteiger partial charge is 0.407 e. The molecule has 33 heavy (non-hydrogen) atoms. The molecule has 174 valence electrons. The average molecular weight is 453 g/mol. The summed E-state index contributed by atoms with van der Waals surface area (Å²) in [5.41, 5.74) is 4.39. The van der Waals surface area contributed by atoms with Crippen molar-refractivity contribution in [2.75, 3.05) is 19.7 Å². The number of carboxylic acids is 1. The number of amides is 3. The maximum absolute atomic E-state index is 12.2. The fourth-order valence-corrected chi connectivity index (χ4v) is 3.83. The van der Waals surface area contributed by atoms with Gasteiger partial charge in [0.05, 0.1) is 0 Å². The molecule has 2 aromatic carbocycles. The molecule has 0 spiro atoms. The molecule has 0 aliphatic heterocycles. The summed E-state index contributed by atoms with van der Waals surface area (Å²) in [5, 5.41) is 15.8. The van der Waals surface area contributed by atoms with Crippen molar-refractivity contribution >= 4 is 23.9 Å². The number of ether oxygens (including phenoxy) is 1. The van der Waals surface area contributed by atoms with Gasteiger partial charge in [-0.15, -0.1) is 0 Å². The van der Waals surface area contributed by atoms with Crippen LogP contribution >= 0.6 is 0 Å². The first-order valence-electron chi connectivity index (χ1n) is 10.7. The number of nitrogens with one attached hydrogen (secondary N) is 3. The molecular weight excluding hydrogens is 426 g/mol. The summed E-state index contributed by atoms with van der Waals surface area (Å²) in [6.45, 7) is 2.62. The molecule has 2 aromatic rings. The first kappa shape index (κ1) is 23.8. The van der Waals surface area contributed by atoms with Gasteiger partial charge in [-0.25, -0.2) is 4.79 Å². The number of aliphatic carboxylic acids is 1. The SMILES string of the molecule is CC(C)[C@H](NC(=O)CNC(=O)OCC1c2ccccc2-c2ccccc21)C(=O)NCC(=O)O. The largest absolute Gasteiger partial charge is 0.480 e. The van der Waals surface area contributed by atoms with E-state index in [2.05, 4.69) is 16.0 Å². The summed E-state index contributed by atoms with van der Waals surface area (Å²) in [4.78, 5) is 47.2. The molecule has 1 atom stereocenters. The number of benzene rings is 2. The summed E-state index contributed by atoms with van der Waals surface area (Å²) in [6.07, 6.45) is -0.747. The third-order valence-electron chi connectivity index (χ3n) is 5.42. The number of hydrogen-bond donors (Lipinski definition) is 4. The van der Waals surface area contributed by atoms with E-state index in [-0.39, 0.29) is 25.0 Å². The maximum Gasteiger partial charge on any atom is 0.407 e. The second-order valence-corrected chi connectivity index (χ2v) is 8.08. The van der Waals surface area contributed by atoms with Crippen molar-refractivity contribution in [2.24, 2.45) is 5.92 Å². The van der Waals surface area contributed by atoms with Gasteiger partial charge in [0, 0.05) is 5.92 Å². The van der Waals surface area contributed by atoms with Crippen molar-refractivity contribution in [3.05, 3.63) is 59.7 Å². The van der Waals surface area contributed by atoms with Crippen molar-refractivity contribution < 1.29 is 29.0 Å². The van der Waals surface area contributed by atoms with E-state index in [1.54, 1.807) is 13.8 Å². The number of hydrogen-bond acceptors (Lipinski definition) is 5. The van der Waals surface area contributed by atoms with Gasteiger partial charge in [0.25, 0.3) is 0 Å². The fraction of sp³-hybridized carbons (Fsp3) is 0.333. The lowest BCUT2D eigenvalue weighted by Crippen LogP contribution is -2.52. The number of fused-ring (bicyclic) bond motifs is 3. The van der Waals surface area contributed by atoms with Crippen LogP contribution in [-0.4, -0.2) is 54.7 Å². The molecule has 3 rings (SSSR count). The second kappa shape index (κ2) is 10.6. The molecule has 0 fully saturated rings. The van der Waals surface area contributed by atoms with Crippen molar-refractivity contribution in [1.29, 1.82) is 0 Å². The number of carbonyl (C=O) groups is 4. The van der Waals surface area contributed by atoms with Crippen molar-refractivity contribution in [3.8, 4) is 11.1 Å². The quantitative estimate of drug-likeness (QED) is 0.458. The topological polar surface area (TPSA) is 134 Å². The Kier molecular flexibility index (Phi) is 7.66. The van der Waals surface area contributed by atoms with E-state index in [0.717, 1.165) is 22.3 Å². The normalized spacial score (nSPS) is 12.9. The third-order valence-corrected chi connectivity index (χ3v) is 5.42. The van der Waals surface area contributed by atoms with Crippen LogP contribution in [0.5, 0.6) is 0 Å². The van der Waals surface area contributed by atoms with Crippen LogP contribution in [0.15, 0.2) is 48.5 Å². The van der Waals surface area contributed by atoms with Crippen LogP contribution in [0.4, 0.5) is 4.79 Å². The van der Waals surface area contributed by atoms with Gasteiger partial charge in [0.2, 0.25) is 11.8 Å². The molecule has 0 saturated heterocycles. The van der Waals surface area contributed by atoms with Gasteiger partial charge in [-0.05, 0) is 28.2 Å². The molecule has 9 nitrogen and oxygen atoms in total. The number of rotatable bonds is 9. The fourth-order valence-electron chi connectivity index (χ4n) is 3.83.